The van der Waals surface area contributed by atoms with Crippen LogP contribution in [0.25, 0.3) is 0 Å². The standard InChI is InChI=1S/C26H26N2O5S/c1-32-21-11-9-20(10-12-21)27-24(29)23(18-6-3-2-4-7-18)33-26(31)19-13-15-28(16-14-19)25(30)22-8-5-17-34-22/h2-12,17,19,23H,13-16H2,1H3,(H,27,29). The topological polar surface area (TPSA) is 84.9 Å². The summed E-state index contributed by atoms with van der Waals surface area (Å²) < 4.78 is 10.9. The average molecular weight is 479 g/mol. The first kappa shape index (κ1) is 23.5. The Morgan fingerprint density at radius 3 is 2.29 bits per heavy atom. The Hall–Kier alpha value is -3.65. The monoisotopic (exact) mass is 478 g/mol. The van der Waals surface area contributed by atoms with Crippen LogP contribution in [0.2, 0.25) is 0 Å². The van der Waals surface area contributed by atoms with Crippen LogP contribution in [0.1, 0.15) is 34.2 Å². The molecule has 1 aliphatic rings. The third kappa shape index (κ3) is 5.63. The molecule has 4 rings (SSSR count). The van der Waals surface area contributed by atoms with Crippen molar-refractivity contribution in [2.75, 3.05) is 25.5 Å². The number of nitrogens with zero attached hydrogens (tertiary/aromatic N) is 1. The maximum absolute atomic E-state index is 13.1. The van der Waals surface area contributed by atoms with Gasteiger partial charge in [0.15, 0.2) is 0 Å². The first-order chi connectivity index (χ1) is 16.5. The normalized spacial score (nSPS) is 14.8. The van der Waals surface area contributed by atoms with Gasteiger partial charge in [0.05, 0.1) is 17.9 Å². The number of nitrogens with one attached hydrogen (secondary N) is 1. The van der Waals surface area contributed by atoms with Gasteiger partial charge < -0.3 is 19.7 Å². The number of thiophene rings is 1. The van der Waals surface area contributed by atoms with E-state index in [0.29, 0.717) is 47.8 Å². The van der Waals surface area contributed by atoms with Crippen molar-refractivity contribution in [2.45, 2.75) is 18.9 Å². The van der Waals surface area contributed by atoms with E-state index >= 15 is 0 Å². The molecule has 1 N–H and O–H groups in total. The third-order valence-corrected chi connectivity index (χ3v) is 6.64. The fourth-order valence-corrected chi connectivity index (χ4v) is 4.56. The molecule has 0 aliphatic carbocycles. The summed E-state index contributed by atoms with van der Waals surface area (Å²) in [5.74, 6) is -0.569. The van der Waals surface area contributed by atoms with Crippen LogP contribution in [0.4, 0.5) is 5.69 Å². The largest absolute Gasteiger partial charge is 0.497 e. The number of carbonyl (C=O) groups excluding carboxylic acids is 3. The molecule has 2 heterocycles. The van der Waals surface area contributed by atoms with Gasteiger partial charge in [0, 0.05) is 24.3 Å². The molecule has 1 fully saturated rings. The van der Waals surface area contributed by atoms with Gasteiger partial charge in [-0.25, -0.2) is 0 Å². The van der Waals surface area contributed by atoms with E-state index in [0.717, 1.165) is 0 Å². The van der Waals surface area contributed by atoms with Crippen molar-refractivity contribution in [3.63, 3.8) is 0 Å². The lowest BCUT2D eigenvalue weighted by Crippen LogP contribution is -2.41. The zero-order chi connectivity index (χ0) is 23.9. The van der Waals surface area contributed by atoms with Gasteiger partial charge in [-0.15, -0.1) is 11.3 Å². The summed E-state index contributed by atoms with van der Waals surface area (Å²) in [5.41, 5.74) is 1.16. The minimum atomic E-state index is -1.08. The zero-order valence-corrected chi connectivity index (χ0v) is 19.6. The number of benzene rings is 2. The number of amides is 2. The Labute approximate surface area is 202 Å². The summed E-state index contributed by atoms with van der Waals surface area (Å²) in [6, 6.07) is 19.5. The van der Waals surface area contributed by atoms with Gasteiger partial charge in [-0.3, -0.25) is 14.4 Å². The van der Waals surface area contributed by atoms with Crippen molar-refractivity contribution in [1.82, 2.24) is 4.90 Å². The lowest BCUT2D eigenvalue weighted by molar-refractivity contribution is -0.160. The van der Waals surface area contributed by atoms with Gasteiger partial charge in [-0.2, -0.15) is 0 Å². The van der Waals surface area contributed by atoms with Crippen molar-refractivity contribution < 1.29 is 23.9 Å². The number of piperidine rings is 1. The molecule has 1 atom stereocenters. The number of hydrogen-bond donors (Lipinski definition) is 1. The van der Waals surface area contributed by atoms with Crippen LogP contribution < -0.4 is 10.1 Å². The fourth-order valence-electron chi connectivity index (χ4n) is 3.87. The molecule has 34 heavy (non-hydrogen) atoms. The van der Waals surface area contributed by atoms with E-state index in [4.69, 9.17) is 9.47 Å². The van der Waals surface area contributed by atoms with E-state index < -0.39 is 18.0 Å². The summed E-state index contributed by atoms with van der Waals surface area (Å²) in [5, 5.41) is 4.69. The van der Waals surface area contributed by atoms with Crippen molar-refractivity contribution in [3.8, 4) is 5.75 Å². The van der Waals surface area contributed by atoms with Gasteiger partial charge in [0.2, 0.25) is 6.10 Å². The lowest BCUT2D eigenvalue weighted by Gasteiger charge is -2.31. The molecule has 8 heteroatoms. The number of ether oxygens (including phenoxy) is 2. The summed E-state index contributed by atoms with van der Waals surface area (Å²) in [7, 11) is 1.57. The molecule has 7 nitrogen and oxygen atoms in total. The van der Waals surface area contributed by atoms with E-state index in [9.17, 15) is 14.4 Å². The Balaban J connectivity index is 1.40. The van der Waals surface area contributed by atoms with E-state index in [1.54, 1.807) is 66.6 Å². The minimum absolute atomic E-state index is 0.0113. The van der Waals surface area contributed by atoms with Crippen LogP contribution in [0.15, 0.2) is 72.1 Å². The number of esters is 1. The Morgan fingerprint density at radius 2 is 1.68 bits per heavy atom. The van der Waals surface area contributed by atoms with E-state index in [1.807, 2.05) is 17.5 Å². The van der Waals surface area contributed by atoms with Crippen molar-refractivity contribution >= 4 is 34.8 Å². The third-order valence-electron chi connectivity index (χ3n) is 5.78. The van der Waals surface area contributed by atoms with Gasteiger partial charge in [0.1, 0.15) is 5.75 Å². The number of likely N-dealkylation sites (tertiary alicyclic amines) is 1. The number of hydrogen-bond acceptors (Lipinski definition) is 6. The van der Waals surface area contributed by atoms with E-state index in [1.165, 1.54) is 11.3 Å². The molecule has 0 saturated carbocycles. The highest BCUT2D eigenvalue weighted by atomic mass is 32.1. The second kappa shape index (κ2) is 11.0. The quantitative estimate of drug-likeness (QED) is 0.504. The van der Waals surface area contributed by atoms with Crippen LogP contribution in [-0.4, -0.2) is 42.9 Å². The molecule has 2 amide bonds. The number of carbonyl (C=O) groups is 3. The zero-order valence-electron chi connectivity index (χ0n) is 18.8. The predicted octanol–water partition coefficient (Wildman–Crippen LogP) is 4.53. The summed E-state index contributed by atoms with van der Waals surface area (Å²) >= 11 is 1.41. The smallest absolute Gasteiger partial charge is 0.310 e. The molecule has 0 bridgehead atoms. The predicted molar refractivity (Wildman–Crippen MR) is 130 cm³/mol. The summed E-state index contributed by atoms with van der Waals surface area (Å²) in [6.45, 7) is 0.953. The number of anilines is 1. The van der Waals surface area contributed by atoms with Gasteiger partial charge in [0.25, 0.3) is 11.8 Å². The molecule has 1 aliphatic heterocycles. The van der Waals surface area contributed by atoms with Crippen molar-refractivity contribution in [1.29, 1.82) is 0 Å². The van der Waals surface area contributed by atoms with E-state index in [-0.39, 0.29) is 11.8 Å². The molecule has 2 aromatic carbocycles. The fraction of sp³-hybridized carbons (Fsp3) is 0.269. The average Bonchev–Trinajstić information content (AvgIpc) is 3.43. The molecule has 1 unspecified atom stereocenters. The van der Waals surface area contributed by atoms with Gasteiger partial charge in [-0.1, -0.05) is 36.4 Å². The highest BCUT2D eigenvalue weighted by Gasteiger charge is 2.33. The second-order valence-electron chi connectivity index (χ2n) is 7.99. The van der Waals surface area contributed by atoms with Gasteiger partial charge >= 0.3 is 5.97 Å². The number of rotatable bonds is 7. The van der Waals surface area contributed by atoms with Crippen LogP contribution in [0.5, 0.6) is 5.75 Å². The van der Waals surface area contributed by atoms with Crippen LogP contribution in [-0.2, 0) is 14.3 Å². The lowest BCUT2D eigenvalue weighted by atomic mass is 9.96. The number of methoxy groups -OCH3 is 1. The second-order valence-corrected chi connectivity index (χ2v) is 8.94. The highest BCUT2D eigenvalue weighted by molar-refractivity contribution is 7.12. The molecule has 176 valence electrons. The van der Waals surface area contributed by atoms with Crippen LogP contribution >= 0.6 is 11.3 Å². The highest BCUT2D eigenvalue weighted by Crippen LogP contribution is 2.27. The molecule has 1 aromatic heterocycles. The molecule has 0 radical (unpaired) electrons. The van der Waals surface area contributed by atoms with Crippen molar-refractivity contribution in [3.05, 3.63) is 82.6 Å². The van der Waals surface area contributed by atoms with Crippen LogP contribution in [0.3, 0.4) is 0 Å². The van der Waals surface area contributed by atoms with Gasteiger partial charge in [-0.05, 0) is 48.6 Å². The molecular formula is C26H26N2O5S. The Bertz CT molecular complexity index is 1110. The molecular weight excluding hydrogens is 452 g/mol. The first-order valence-corrected chi connectivity index (χ1v) is 12.0. The summed E-state index contributed by atoms with van der Waals surface area (Å²) in [6.07, 6.45) is -0.0867. The Kier molecular flexibility index (Phi) is 7.59. The maximum atomic E-state index is 13.1. The SMILES string of the molecule is COc1ccc(NC(=O)C(OC(=O)C2CCN(C(=O)c3cccs3)CC2)c2ccccc2)cc1. The maximum Gasteiger partial charge on any atom is 0.310 e. The van der Waals surface area contributed by atoms with Crippen molar-refractivity contribution in [2.24, 2.45) is 5.92 Å². The summed E-state index contributed by atoms with van der Waals surface area (Å²) in [4.78, 5) is 41.1. The minimum Gasteiger partial charge on any atom is -0.497 e. The Morgan fingerprint density at radius 1 is 0.971 bits per heavy atom. The molecule has 1 saturated heterocycles. The molecule has 3 aromatic rings. The van der Waals surface area contributed by atoms with E-state index in [2.05, 4.69) is 5.32 Å². The molecule has 0 spiro atoms. The first-order valence-electron chi connectivity index (χ1n) is 11.1. The van der Waals surface area contributed by atoms with Crippen LogP contribution in [0, 0.1) is 5.92 Å².